The van der Waals surface area contributed by atoms with E-state index >= 15 is 0 Å². The Morgan fingerprint density at radius 2 is 1.80 bits per heavy atom. The molecule has 0 spiro atoms. The number of anilines is 1. The second-order valence-corrected chi connectivity index (χ2v) is 13.5. The Labute approximate surface area is 303 Å². The summed E-state index contributed by atoms with van der Waals surface area (Å²) in [6.45, 7) is 8.08. The number of methoxy groups -OCH3 is 2. The molecule has 51 heavy (non-hydrogen) atoms. The lowest BCUT2D eigenvalue weighted by Crippen LogP contribution is -2.47. The smallest absolute Gasteiger partial charge is 0.274 e. The summed E-state index contributed by atoms with van der Waals surface area (Å²) in [5, 5.41) is 16.3. The molecule has 0 bridgehead atoms. The molecule has 6 rings (SSSR count). The third kappa shape index (κ3) is 8.15. The second-order valence-electron chi connectivity index (χ2n) is 13.1. The standard InChI is InChI=1S/C38H44ClN7O5/c1-23-29(6-5-7-31(23)43-37(49)33-16-34(50-3)27(18-42-33)21-45-19-25(20-45)22-47)36-35(39)30(10-13-40-36)32-9-8-26(38(44-32)51-4)17-41-28-11-14-46(15-12-28)24(2)48/h5-10,13,16,18,25,28,41,47H,11-12,14-15,17,19-22H2,1-4H3,(H,43,49). The van der Waals surface area contributed by atoms with Crippen LogP contribution in [0.4, 0.5) is 5.69 Å². The summed E-state index contributed by atoms with van der Waals surface area (Å²) in [5.41, 5.74) is 6.10. The van der Waals surface area contributed by atoms with Crippen LogP contribution in [0.3, 0.4) is 0 Å². The Hall–Kier alpha value is -4.62. The van der Waals surface area contributed by atoms with E-state index in [0.29, 0.717) is 64.3 Å². The van der Waals surface area contributed by atoms with Crippen molar-refractivity contribution in [2.75, 3.05) is 52.3 Å². The molecular weight excluding hydrogens is 670 g/mol. The van der Waals surface area contributed by atoms with E-state index in [1.807, 2.05) is 48.2 Å². The van der Waals surface area contributed by atoms with E-state index in [2.05, 4.69) is 25.5 Å². The van der Waals surface area contributed by atoms with Gasteiger partial charge in [-0.25, -0.2) is 4.98 Å². The molecule has 5 heterocycles. The molecule has 2 aliphatic rings. The highest BCUT2D eigenvalue weighted by Crippen LogP contribution is 2.38. The number of halogens is 1. The highest BCUT2D eigenvalue weighted by molar-refractivity contribution is 6.35. The van der Waals surface area contributed by atoms with Crippen LogP contribution in [-0.2, 0) is 17.9 Å². The molecule has 12 nitrogen and oxygen atoms in total. The largest absolute Gasteiger partial charge is 0.496 e. The van der Waals surface area contributed by atoms with Gasteiger partial charge in [-0.05, 0) is 43.5 Å². The number of carbonyl (C=O) groups is 2. The maximum absolute atomic E-state index is 13.4. The average molecular weight is 714 g/mol. The van der Waals surface area contributed by atoms with Crippen molar-refractivity contribution in [2.45, 2.75) is 45.8 Å². The first-order valence-corrected chi connectivity index (χ1v) is 17.5. The lowest BCUT2D eigenvalue weighted by Gasteiger charge is -2.38. The highest BCUT2D eigenvalue weighted by Gasteiger charge is 2.27. The van der Waals surface area contributed by atoms with Gasteiger partial charge in [0.2, 0.25) is 11.8 Å². The fraction of sp³-hybridized carbons (Fsp3) is 0.395. The number of carbonyl (C=O) groups excluding carboxylic acids is 2. The number of pyridine rings is 3. The molecule has 2 fully saturated rings. The zero-order chi connectivity index (χ0) is 36.1. The molecule has 0 radical (unpaired) electrons. The zero-order valence-electron chi connectivity index (χ0n) is 29.4. The average Bonchev–Trinajstić information content (AvgIpc) is 3.13. The van der Waals surface area contributed by atoms with Crippen LogP contribution in [0, 0.1) is 12.8 Å². The molecule has 2 amide bonds. The number of piperidine rings is 1. The number of aliphatic hydroxyl groups excluding tert-OH is 1. The van der Waals surface area contributed by atoms with Crippen molar-refractivity contribution in [3.63, 3.8) is 0 Å². The summed E-state index contributed by atoms with van der Waals surface area (Å²) < 4.78 is 11.3. The number of nitrogens with one attached hydrogen (secondary N) is 2. The molecule has 0 aliphatic carbocycles. The predicted molar refractivity (Wildman–Crippen MR) is 196 cm³/mol. The molecule has 0 atom stereocenters. The van der Waals surface area contributed by atoms with Gasteiger partial charge in [0.05, 0.1) is 30.6 Å². The first-order chi connectivity index (χ1) is 24.7. The fourth-order valence-electron chi connectivity index (χ4n) is 6.69. The van der Waals surface area contributed by atoms with Gasteiger partial charge < -0.3 is 30.1 Å². The number of aliphatic hydroxyl groups is 1. The lowest BCUT2D eigenvalue weighted by molar-refractivity contribution is -0.129. The van der Waals surface area contributed by atoms with E-state index in [9.17, 15) is 14.7 Å². The molecule has 2 aliphatic heterocycles. The first kappa shape index (κ1) is 36.2. The van der Waals surface area contributed by atoms with E-state index in [4.69, 9.17) is 26.1 Å². The van der Waals surface area contributed by atoms with Gasteiger partial charge in [0, 0.05) is 111 Å². The fourth-order valence-corrected chi connectivity index (χ4v) is 7.00. The van der Waals surface area contributed by atoms with Crippen LogP contribution >= 0.6 is 11.6 Å². The normalized spacial score (nSPS) is 15.4. The number of amides is 2. The minimum Gasteiger partial charge on any atom is -0.496 e. The van der Waals surface area contributed by atoms with Crippen LogP contribution < -0.4 is 20.1 Å². The van der Waals surface area contributed by atoms with Gasteiger partial charge in [-0.1, -0.05) is 29.8 Å². The first-order valence-electron chi connectivity index (χ1n) is 17.1. The van der Waals surface area contributed by atoms with Gasteiger partial charge in [-0.2, -0.15) is 0 Å². The van der Waals surface area contributed by atoms with Crippen molar-refractivity contribution in [1.82, 2.24) is 30.1 Å². The Bertz CT molecular complexity index is 1890. The number of ether oxygens (including phenoxy) is 2. The van der Waals surface area contributed by atoms with Crippen LogP contribution in [0.25, 0.3) is 22.5 Å². The van der Waals surface area contributed by atoms with Gasteiger partial charge in [-0.3, -0.25) is 24.5 Å². The quantitative estimate of drug-likeness (QED) is 0.184. The number of benzene rings is 1. The van der Waals surface area contributed by atoms with E-state index in [1.54, 1.807) is 39.6 Å². The monoisotopic (exact) mass is 713 g/mol. The minimum absolute atomic E-state index is 0.121. The van der Waals surface area contributed by atoms with Crippen LogP contribution in [0.2, 0.25) is 5.02 Å². The Balaban J connectivity index is 1.16. The second kappa shape index (κ2) is 16.2. The van der Waals surface area contributed by atoms with Crippen molar-refractivity contribution in [3.05, 3.63) is 82.3 Å². The summed E-state index contributed by atoms with van der Waals surface area (Å²) in [4.78, 5) is 43.0. The van der Waals surface area contributed by atoms with E-state index < -0.39 is 0 Å². The lowest BCUT2D eigenvalue weighted by atomic mass is 10.0. The van der Waals surface area contributed by atoms with Crippen LogP contribution in [0.15, 0.2) is 54.9 Å². The summed E-state index contributed by atoms with van der Waals surface area (Å²) >= 11 is 7.04. The van der Waals surface area contributed by atoms with Crippen molar-refractivity contribution in [1.29, 1.82) is 0 Å². The summed E-state index contributed by atoms with van der Waals surface area (Å²) in [6, 6.07) is 13.3. The van der Waals surface area contributed by atoms with Gasteiger partial charge in [0.25, 0.3) is 5.91 Å². The van der Waals surface area contributed by atoms with E-state index in [1.165, 1.54) is 0 Å². The van der Waals surface area contributed by atoms with Crippen LogP contribution in [0.1, 0.15) is 46.9 Å². The number of likely N-dealkylation sites (tertiary alicyclic amines) is 2. The zero-order valence-corrected chi connectivity index (χ0v) is 30.2. The van der Waals surface area contributed by atoms with Gasteiger partial charge in [0.15, 0.2) is 0 Å². The molecule has 3 N–H and O–H groups in total. The predicted octanol–water partition coefficient (Wildman–Crippen LogP) is 4.96. The third-order valence-electron chi connectivity index (χ3n) is 9.74. The summed E-state index contributed by atoms with van der Waals surface area (Å²) in [6.07, 6.45) is 5.17. The van der Waals surface area contributed by atoms with E-state index in [0.717, 1.165) is 61.3 Å². The molecule has 0 saturated carbocycles. The number of hydrogen-bond donors (Lipinski definition) is 3. The SMILES string of the molecule is COc1cc(C(=O)Nc2cccc(-c3nccc(-c4ccc(CNC5CCN(C(C)=O)CC5)c(OC)n4)c3Cl)c2C)ncc1CN1CC(CO)C1. The number of rotatable bonds is 12. The molecule has 4 aromatic rings. The molecule has 1 aromatic carbocycles. The third-order valence-corrected chi connectivity index (χ3v) is 10.1. The maximum Gasteiger partial charge on any atom is 0.274 e. The van der Waals surface area contributed by atoms with Crippen molar-refractivity contribution in [2.24, 2.45) is 5.92 Å². The molecule has 0 unspecified atom stereocenters. The minimum atomic E-state index is -0.371. The van der Waals surface area contributed by atoms with Gasteiger partial charge >= 0.3 is 0 Å². The van der Waals surface area contributed by atoms with E-state index in [-0.39, 0.29) is 24.1 Å². The Kier molecular flexibility index (Phi) is 11.5. The summed E-state index contributed by atoms with van der Waals surface area (Å²) in [5.74, 6) is 1.14. The van der Waals surface area contributed by atoms with Crippen molar-refractivity contribution in [3.8, 4) is 34.1 Å². The van der Waals surface area contributed by atoms with Crippen LogP contribution in [-0.4, -0.2) is 94.7 Å². The number of nitrogens with zero attached hydrogens (tertiary/aromatic N) is 5. The maximum atomic E-state index is 13.4. The van der Waals surface area contributed by atoms with Crippen molar-refractivity contribution < 1.29 is 24.2 Å². The molecule has 13 heteroatoms. The van der Waals surface area contributed by atoms with Gasteiger partial charge in [0.1, 0.15) is 11.4 Å². The topological polar surface area (TPSA) is 142 Å². The molecule has 268 valence electrons. The number of hydrogen-bond acceptors (Lipinski definition) is 10. The van der Waals surface area contributed by atoms with Gasteiger partial charge in [-0.15, -0.1) is 0 Å². The molecular formula is C38H44ClN7O5. The highest BCUT2D eigenvalue weighted by atomic mass is 35.5. The van der Waals surface area contributed by atoms with Crippen molar-refractivity contribution >= 4 is 29.1 Å². The number of aromatic nitrogens is 3. The Morgan fingerprint density at radius 1 is 1.02 bits per heavy atom. The Morgan fingerprint density at radius 3 is 2.51 bits per heavy atom. The summed E-state index contributed by atoms with van der Waals surface area (Å²) in [7, 11) is 3.18. The molecule has 3 aromatic heterocycles. The molecule has 2 saturated heterocycles. The van der Waals surface area contributed by atoms with Crippen LogP contribution in [0.5, 0.6) is 11.6 Å².